The first-order valence-corrected chi connectivity index (χ1v) is 4.02. The Morgan fingerprint density at radius 2 is 2.00 bits per heavy atom. The highest BCUT2D eigenvalue weighted by Crippen LogP contribution is 2.21. The number of ether oxygens (including phenoxy) is 2. The van der Waals surface area contributed by atoms with Crippen molar-refractivity contribution in [2.45, 2.75) is 6.92 Å². The predicted octanol–water partition coefficient (Wildman–Crippen LogP) is 1.97. The number of nitriles is 1. The number of hydrogen-bond donors (Lipinski definition) is 0. The van der Waals surface area contributed by atoms with E-state index in [1.165, 1.54) is 0 Å². The second kappa shape index (κ2) is 4.36. The molecular formula is C10H11NO2. The van der Waals surface area contributed by atoms with Gasteiger partial charge in [-0.3, -0.25) is 0 Å². The van der Waals surface area contributed by atoms with Crippen LogP contribution in [0.25, 0.3) is 0 Å². The van der Waals surface area contributed by atoms with Crippen molar-refractivity contribution in [3.63, 3.8) is 0 Å². The van der Waals surface area contributed by atoms with Gasteiger partial charge < -0.3 is 9.47 Å². The predicted molar refractivity (Wildman–Crippen MR) is 48.9 cm³/mol. The Morgan fingerprint density at radius 1 is 1.31 bits per heavy atom. The van der Waals surface area contributed by atoms with Gasteiger partial charge in [0.05, 0.1) is 25.3 Å². The first-order chi connectivity index (χ1) is 6.30. The van der Waals surface area contributed by atoms with Crippen molar-refractivity contribution in [3.8, 4) is 17.6 Å². The van der Waals surface area contributed by atoms with E-state index in [-0.39, 0.29) is 0 Å². The Kier molecular flexibility index (Phi) is 3.15. The zero-order valence-corrected chi connectivity index (χ0v) is 7.70. The number of benzene rings is 1. The summed E-state index contributed by atoms with van der Waals surface area (Å²) in [6.07, 6.45) is 0. The average molecular weight is 177 g/mol. The largest absolute Gasteiger partial charge is 0.497 e. The maximum Gasteiger partial charge on any atom is 0.124 e. The molecule has 0 radical (unpaired) electrons. The third-order valence-electron chi connectivity index (χ3n) is 1.56. The highest BCUT2D eigenvalue weighted by molar-refractivity contribution is 5.43. The van der Waals surface area contributed by atoms with E-state index in [1.807, 2.05) is 13.0 Å². The maximum absolute atomic E-state index is 8.69. The molecule has 0 amide bonds. The molecular weight excluding hydrogens is 166 g/mol. The van der Waals surface area contributed by atoms with Crippen LogP contribution in [0.2, 0.25) is 0 Å². The van der Waals surface area contributed by atoms with E-state index >= 15 is 0 Å². The summed E-state index contributed by atoms with van der Waals surface area (Å²) in [6.45, 7) is 2.48. The quantitative estimate of drug-likeness (QED) is 0.708. The van der Waals surface area contributed by atoms with Crippen LogP contribution in [0.1, 0.15) is 12.5 Å². The van der Waals surface area contributed by atoms with Crippen LogP contribution in [0, 0.1) is 11.3 Å². The summed E-state index contributed by atoms with van der Waals surface area (Å²) in [7, 11) is 1.56. The van der Waals surface area contributed by atoms with E-state index in [9.17, 15) is 0 Å². The lowest BCUT2D eigenvalue weighted by Crippen LogP contribution is -1.93. The second-order valence-electron chi connectivity index (χ2n) is 2.44. The maximum atomic E-state index is 8.69. The highest BCUT2D eigenvalue weighted by atomic mass is 16.5. The van der Waals surface area contributed by atoms with Gasteiger partial charge in [-0.25, -0.2) is 0 Å². The Hall–Kier alpha value is -1.69. The summed E-state index contributed by atoms with van der Waals surface area (Å²) in [5.74, 6) is 1.31. The van der Waals surface area contributed by atoms with Gasteiger partial charge in [0.15, 0.2) is 0 Å². The van der Waals surface area contributed by atoms with Gasteiger partial charge in [0, 0.05) is 6.07 Å². The Labute approximate surface area is 77.5 Å². The van der Waals surface area contributed by atoms with E-state index in [0.29, 0.717) is 23.7 Å². The van der Waals surface area contributed by atoms with E-state index in [4.69, 9.17) is 14.7 Å². The van der Waals surface area contributed by atoms with E-state index in [1.54, 1.807) is 25.3 Å². The van der Waals surface area contributed by atoms with Gasteiger partial charge in [0.2, 0.25) is 0 Å². The standard InChI is InChI=1S/C10H11NO2/c1-3-13-10-5-8(7-11)4-9(6-10)12-2/h4-6H,3H2,1-2H3. The zero-order valence-electron chi connectivity index (χ0n) is 7.70. The van der Waals surface area contributed by atoms with Crippen LogP contribution in [0.4, 0.5) is 0 Å². The molecule has 0 bridgehead atoms. The second-order valence-corrected chi connectivity index (χ2v) is 2.44. The fourth-order valence-electron chi connectivity index (χ4n) is 1.00. The smallest absolute Gasteiger partial charge is 0.124 e. The number of nitrogens with zero attached hydrogens (tertiary/aromatic N) is 1. The highest BCUT2D eigenvalue weighted by Gasteiger charge is 2.00. The third-order valence-corrected chi connectivity index (χ3v) is 1.56. The number of rotatable bonds is 3. The number of hydrogen-bond acceptors (Lipinski definition) is 3. The SMILES string of the molecule is CCOc1cc(C#N)cc(OC)c1. The topological polar surface area (TPSA) is 42.2 Å². The normalized spacial score (nSPS) is 9.00. The molecule has 0 saturated heterocycles. The molecule has 3 heteroatoms. The van der Waals surface area contributed by atoms with Crippen LogP contribution < -0.4 is 9.47 Å². The van der Waals surface area contributed by atoms with Crippen molar-refractivity contribution < 1.29 is 9.47 Å². The third kappa shape index (κ3) is 2.38. The van der Waals surface area contributed by atoms with Gasteiger partial charge in [-0.2, -0.15) is 5.26 Å². The molecule has 0 fully saturated rings. The Morgan fingerprint density at radius 3 is 2.54 bits per heavy atom. The molecule has 0 aliphatic rings. The van der Waals surface area contributed by atoms with E-state index < -0.39 is 0 Å². The molecule has 0 aliphatic heterocycles. The van der Waals surface area contributed by atoms with Gasteiger partial charge >= 0.3 is 0 Å². The molecule has 0 aliphatic carbocycles. The van der Waals surface area contributed by atoms with Crippen LogP contribution in [0.5, 0.6) is 11.5 Å². The molecule has 1 aromatic carbocycles. The first kappa shape index (κ1) is 9.40. The van der Waals surface area contributed by atoms with Crippen molar-refractivity contribution >= 4 is 0 Å². The van der Waals surface area contributed by atoms with Crippen molar-refractivity contribution in [2.75, 3.05) is 13.7 Å². The van der Waals surface area contributed by atoms with E-state index in [0.717, 1.165) is 0 Å². The Balaban J connectivity index is 3.01. The first-order valence-electron chi connectivity index (χ1n) is 4.02. The molecule has 3 nitrogen and oxygen atoms in total. The fraction of sp³-hybridized carbons (Fsp3) is 0.300. The van der Waals surface area contributed by atoms with Gasteiger partial charge in [0.25, 0.3) is 0 Å². The lowest BCUT2D eigenvalue weighted by Gasteiger charge is -2.05. The van der Waals surface area contributed by atoms with Crippen LogP contribution in [0.15, 0.2) is 18.2 Å². The summed E-state index contributed by atoms with van der Waals surface area (Å²) in [5, 5.41) is 8.69. The van der Waals surface area contributed by atoms with Crippen molar-refractivity contribution in [3.05, 3.63) is 23.8 Å². The minimum Gasteiger partial charge on any atom is -0.497 e. The molecule has 0 saturated carbocycles. The molecule has 0 aromatic heterocycles. The van der Waals surface area contributed by atoms with E-state index in [2.05, 4.69) is 0 Å². The monoisotopic (exact) mass is 177 g/mol. The molecule has 0 N–H and O–H groups in total. The summed E-state index contributed by atoms with van der Waals surface area (Å²) < 4.78 is 10.3. The summed E-state index contributed by atoms with van der Waals surface area (Å²) in [5.41, 5.74) is 0.544. The van der Waals surface area contributed by atoms with Gasteiger partial charge in [-0.15, -0.1) is 0 Å². The molecule has 0 spiro atoms. The van der Waals surface area contributed by atoms with Crippen LogP contribution in [-0.2, 0) is 0 Å². The molecule has 68 valence electrons. The summed E-state index contributed by atoms with van der Waals surface area (Å²) >= 11 is 0. The van der Waals surface area contributed by atoms with Crippen molar-refractivity contribution in [2.24, 2.45) is 0 Å². The Bertz CT molecular complexity index is 328. The molecule has 0 unspecified atom stereocenters. The summed E-state index contributed by atoms with van der Waals surface area (Å²) in [6, 6.07) is 7.15. The number of methoxy groups -OCH3 is 1. The van der Waals surface area contributed by atoms with Crippen LogP contribution in [0.3, 0.4) is 0 Å². The minimum atomic E-state index is 0.544. The average Bonchev–Trinajstić information content (AvgIpc) is 2.17. The lowest BCUT2D eigenvalue weighted by molar-refractivity contribution is 0.336. The molecule has 1 rings (SSSR count). The van der Waals surface area contributed by atoms with Crippen LogP contribution >= 0.6 is 0 Å². The minimum absolute atomic E-state index is 0.544. The molecule has 0 heterocycles. The van der Waals surface area contributed by atoms with Crippen molar-refractivity contribution in [1.82, 2.24) is 0 Å². The zero-order chi connectivity index (χ0) is 9.68. The van der Waals surface area contributed by atoms with Crippen molar-refractivity contribution in [1.29, 1.82) is 5.26 Å². The summed E-state index contributed by atoms with van der Waals surface area (Å²) in [4.78, 5) is 0. The lowest BCUT2D eigenvalue weighted by atomic mass is 10.2. The van der Waals surface area contributed by atoms with Gasteiger partial charge in [-0.1, -0.05) is 0 Å². The molecule has 0 atom stereocenters. The van der Waals surface area contributed by atoms with Gasteiger partial charge in [0.1, 0.15) is 11.5 Å². The molecule has 1 aromatic rings. The molecule has 13 heavy (non-hydrogen) atoms. The fourth-order valence-corrected chi connectivity index (χ4v) is 1.00. The van der Waals surface area contributed by atoms with Gasteiger partial charge in [-0.05, 0) is 19.1 Å². The van der Waals surface area contributed by atoms with Crippen LogP contribution in [-0.4, -0.2) is 13.7 Å².